The van der Waals surface area contributed by atoms with Crippen molar-refractivity contribution in [2.75, 3.05) is 13.1 Å². The first-order valence-corrected chi connectivity index (χ1v) is 5.16. The number of imidazole rings is 1. The lowest BCUT2D eigenvalue weighted by molar-refractivity contribution is -0.120. The summed E-state index contributed by atoms with van der Waals surface area (Å²) in [6.45, 7) is 3.35. The van der Waals surface area contributed by atoms with Gasteiger partial charge in [-0.3, -0.25) is 4.79 Å². The van der Waals surface area contributed by atoms with E-state index >= 15 is 0 Å². The molecule has 1 rings (SSSR count). The van der Waals surface area contributed by atoms with Crippen LogP contribution in [0.4, 0.5) is 0 Å². The average molecular weight is 231 g/mol. The van der Waals surface area contributed by atoms with Crippen LogP contribution >= 0.6 is 11.6 Å². The van der Waals surface area contributed by atoms with Crippen molar-refractivity contribution in [3.05, 3.63) is 17.2 Å². The van der Waals surface area contributed by atoms with E-state index in [0.29, 0.717) is 18.2 Å². The molecule has 15 heavy (non-hydrogen) atoms. The smallest absolute Gasteiger partial charge is 0.233 e. The zero-order valence-corrected chi connectivity index (χ0v) is 9.64. The predicted molar refractivity (Wildman–Crippen MR) is 58.6 cm³/mol. The van der Waals surface area contributed by atoms with E-state index in [-0.39, 0.29) is 12.5 Å². The van der Waals surface area contributed by atoms with E-state index in [1.165, 1.54) is 0 Å². The van der Waals surface area contributed by atoms with Crippen molar-refractivity contribution in [3.8, 4) is 0 Å². The van der Waals surface area contributed by atoms with Gasteiger partial charge in [-0.2, -0.15) is 0 Å². The van der Waals surface area contributed by atoms with Gasteiger partial charge in [0.05, 0.1) is 19.3 Å². The summed E-state index contributed by atoms with van der Waals surface area (Å²) in [6, 6.07) is 0. The second-order valence-corrected chi connectivity index (χ2v) is 3.50. The summed E-state index contributed by atoms with van der Waals surface area (Å²) in [5, 5.41) is 6.27. The van der Waals surface area contributed by atoms with Crippen LogP contribution in [0.15, 0.2) is 6.20 Å². The van der Waals surface area contributed by atoms with Crippen LogP contribution in [0.2, 0.25) is 5.15 Å². The highest BCUT2D eigenvalue weighted by molar-refractivity contribution is 6.29. The summed E-state index contributed by atoms with van der Waals surface area (Å²) in [5.41, 5.74) is 0. The highest BCUT2D eigenvalue weighted by Gasteiger charge is 2.04. The number of halogens is 1. The number of likely N-dealkylation sites (N-methyl/N-ethyl adjacent to an activating group) is 1. The van der Waals surface area contributed by atoms with Crippen molar-refractivity contribution < 1.29 is 4.79 Å². The van der Waals surface area contributed by atoms with Crippen LogP contribution < -0.4 is 10.6 Å². The van der Waals surface area contributed by atoms with Gasteiger partial charge in [-0.15, -0.1) is 0 Å². The van der Waals surface area contributed by atoms with E-state index in [9.17, 15) is 4.79 Å². The third-order valence-corrected chi connectivity index (χ3v) is 2.32. The van der Waals surface area contributed by atoms with Gasteiger partial charge in [-0.25, -0.2) is 4.98 Å². The SMILES string of the molecule is CCNC(=O)CNCc1ncc(Cl)n1C. The summed E-state index contributed by atoms with van der Waals surface area (Å²) >= 11 is 5.81. The quantitative estimate of drug-likeness (QED) is 0.765. The minimum absolute atomic E-state index is 0.0159. The fourth-order valence-corrected chi connectivity index (χ4v) is 1.28. The first-order chi connectivity index (χ1) is 7.15. The lowest BCUT2D eigenvalue weighted by atomic mass is 10.5. The molecule has 84 valence electrons. The molecule has 0 unspecified atom stereocenters. The number of hydrogen-bond acceptors (Lipinski definition) is 3. The zero-order chi connectivity index (χ0) is 11.3. The minimum Gasteiger partial charge on any atom is -0.355 e. The maximum Gasteiger partial charge on any atom is 0.233 e. The van der Waals surface area contributed by atoms with E-state index < -0.39 is 0 Å². The van der Waals surface area contributed by atoms with Crippen molar-refractivity contribution in [2.45, 2.75) is 13.5 Å². The molecular weight excluding hydrogens is 216 g/mol. The third-order valence-electron chi connectivity index (χ3n) is 1.97. The van der Waals surface area contributed by atoms with E-state index in [0.717, 1.165) is 5.82 Å². The van der Waals surface area contributed by atoms with Crippen LogP contribution in [0, 0.1) is 0 Å². The normalized spacial score (nSPS) is 10.3. The van der Waals surface area contributed by atoms with Crippen LogP contribution in [0.25, 0.3) is 0 Å². The Morgan fingerprint density at radius 3 is 2.93 bits per heavy atom. The maximum atomic E-state index is 11.1. The van der Waals surface area contributed by atoms with Gasteiger partial charge in [-0.05, 0) is 6.92 Å². The molecule has 1 aromatic heterocycles. The fourth-order valence-electron chi connectivity index (χ4n) is 1.14. The Kier molecular flexibility index (Phi) is 4.58. The van der Waals surface area contributed by atoms with E-state index in [1.54, 1.807) is 10.8 Å². The van der Waals surface area contributed by atoms with Gasteiger partial charge in [-0.1, -0.05) is 11.6 Å². The highest BCUT2D eigenvalue weighted by atomic mass is 35.5. The molecule has 0 spiro atoms. The summed E-state index contributed by atoms with van der Waals surface area (Å²) in [7, 11) is 1.83. The van der Waals surface area contributed by atoms with Gasteiger partial charge < -0.3 is 15.2 Å². The molecule has 6 heteroatoms. The number of hydrogen-bond donors (Lipinski definition) is 2. The van der Waals surface area contributed by atoms with Gasteiger partial charge in [0.15, 0.2) is 0 Å². The molecule has 0 saturated heterocycles. The fraction of sp³-hybridized carbons (Fsp3) is 0.556. The summed E-state index contributed by atoms with van der Waals surface area (Å²) in [4.78, 5) is 15.2. The number of carbonyl (C=O) groups is 1. The Balaban J connectivity index is 2.32. The predicted octanol–water partition coefficient (Wildman–Crippen LogP) is 0.299. The Morgan fingerprint density at radius 1 is 1.67 bits per heavy atom. The van der Waals surface area contributed by atoms with E-state index in [2.05, 4.69) is 15.6 Å². The molecule has 1 heterocycles. The summed E-state index contributed by atoms with van der Waals surface area (Å²) in [5.74, 6) is 0.794. The number of nitrogens with one attached hydrogen (secondary N) is 2. The standard InChI is InChI=1S/C9H15ClN4O/c1-3-12-9(15)6-11-5-8-13-4-7(10)14(8)2/h4,11H,3,5-6H2,1-2H3,(H,12,15). The molecule has 1 aromatic rings. The molecule has 0 fully saturated rings. The molecule has 0 aliphatic heterocycles. The number of nitrogens with zero attached hydrogens (tertiary/aromatic N) is 2. The van der Waals surface area contributed by atoms with Gasteiger partial charge in [0.2, 0.25) is 5.91 Å². The van der Waals surface area contributed by atoms with Crippen LogP contribution in [0.1, 0.15) is 12.7 Å². The Hall–Kier alpha value is -1.07. The molecule has 0 bridgehead atoms. The highest BCUT2D eigenvalue weighted by Crippen LogP contribution is 2.08. The average Bonchev–Trinajstić information content (AvgIpc) is 2.50. The molecule has 0 aliphatic rings. The second kappa shape index (κ2) is 5.72. The summed E-state index contributed by atoms with van der Waals surface area (Å²) < 4.78 is 1.77. The second-order valence-electron chi connectivity index (χ2n) is 3.11. The van der Waals surface area contributed by atoms with Gasteiger partial charge in [0, 0.05) is 13.6 Å². The van der Waals surface area contributed by atoms with Crippen molar-refractivity contribution in [1.29, 1.82) is 0 Å². The lowest BCUT2D eigenvalue weighted by Gasteiger charge is -2.05. The van der Waals surface area contributed by atoms with E-state index in [1.807, 2.05) is 14.0 Å². The van der Waals surface area contributed by atoms with Crippen molar-refractivity contribution in [2.24, 2.45) is 7.05 Å². The lowest BCUT2D eigenvalue weighted by Crippen LogP contribution is -2.33. The first kappa shape index (κ1) is 12.0. The molecule has 0 aliphatic carbocycles. The maximum absolute atomic E-state index is 11.1. The molecule has 0 atom stereocenters. The molecule has 1 amide bonds. The van der Waals surface area contributed by atoms with E-state index in [4.69, 9.17) is 11.6 Å². The molecular formula is C9H15ClN4O. The monoisotopic (exact) mass is 230 g/mol. The number of carbonyl (C=O) groups excluding carboxylic acids is 1. The molecule has 5 nitrogen and oxygen atoms in total. The summed E-state index contributed by atoms with van der Waals surface area (Å²) in [6.07, 6.45) is 1.59. The Bertz CT molecular complexity index is 337. The molecule has 0 aromatic carbocycles. The zero-order valence-electron chi connectivity index (χ0n) is 8.88. The number of rotatable bonds is 5. The van der Waals surface area contributed by atoms with Crippen molar-refractivity contribution >= 4 is 17.5 Å². The third kappa shape index (κ3) is 3.53. The van der Waals surface area contributed by atoms with Crippen molar-refractivity contribution in [3.63, 3.8) is 0 Å². The Morgan fingerprint density at radius 2 is 2.40 bits per heavy atom. The number of amides is 1. The van der Waals surface area contributed by atoms with Crippen LogP contribution in [0.5, 0.6) is 0 Å². The largest absolute Gasteiger partial charge is 0.355 e. The Labute approximate surface area is 93.8 Å². The van der Waals surface area contributed by atoms with Crippen molar-refractivity contribution in [1.82, 2.24) is 20.2 Å². The molecule has 0 saturated carbocycles. The molecule has 0 radical (unpaired) electrons. The number of aromatic nitrogens is 2. The van der Waals surface area contributed by atoms with Gasteiger partial charge >= 0.3 is 0 Å². The molecule has 2 N–H and O–H groups in total. The van der Waals surface area contributed by atoms with Crippen LogP contribution in [-0.4, -0.2) is 28.5 Å². The topological polar surface area (TPSA) is 59.0 Å². The minimum atomic E-state index is -0.0159. The van der Waals surface area contributed by atoms with Gasteiger partial charge in [0.1, 0.15) is 11.0 Å². The van der Waals surface area contributed by atoms with Gasteiger partial charge in [0.25, 0.3) is 0 Å². The van der Waals surface area contributed by atoms with Crippen LogP contribution in [-0.2, 0) is 18.4 Å². The first-order valence-electron chi connectivity index (χ1n) is 4.78. The van der Waals surface area contributed by atoms with Crippen LogP contribution in [0.3, 0.4) is 0 Å².